The predicted molar refractivity (Wildman–Crippen MR) is 96.2 cm³/mol. The van der Waals surface area contributed by atoms with Gasteiger partial charge in [-0.25, -0.2) is 9.78 Å². The molecule has 0 saturated heterocycles. The topological polar surface area (TPSA) is 72.5 Å². The third-order valence-electron chi connectivity index (χ3n) is 3.80. The van der Waals surface area contributed by atoms with E-state index in [2.05, 4.69) is 15.6 Å². The van der Waals surface area contributed by atoms with Gasteiger partial charge in [0.05, 0.1) is 23.3 Å². The molecular formula is C18H17N3O3S. The molecule has 0 saturated carbocycles. The average molecular weight is 355 g/mol. The Bertz CT molecular complexity index is 863. The molecule has 4 rings (SSSR count). The molecule has 1 unspecified atom stereocenters. The zero-order valence-electron chi connectivity index (χ0n) is 13.4. The number of thiazole rings is 1. The van der Waals surface area contributed by atoms with Crippen LogP contribution in [0.1, 0.15) is 5.01 Å². The lowest BCUT2D eigenvalue weighted by atomic mass is 10.2. The van der Waals surface area contributed by atoms with E-state index in [9.17, 15) is 4.79 Å². The minimum Gasteiger partial charge on any atom is -0.486 e. The molecule has 0 aliphatic carbocycles. The molecule has 2 N–H and O–H groups in total. The number of amides is 2. The van der Waals surface area contributed by atoms with Crippen LogP contribution in [0.4, 0.5) is 4.79 Å². The largest absolute Gasteiger partial charge is 0.486 e. The Balaban J connectivity index is 1.25. The number of para-hydroxylation sites is 3. The minimum atomic E-state index is -0.248. The standard InChI is InChI=1S/C18H17N3O3S/c22-18(20-10-17-21-13-5-1-4-8-16(13)25-17)19-9-12-11-23-14-6-2-3-7-15(14)24-12/h1-8,12H,9-11H2,(H2,19,20,22). The predicted octanol–water partition coefficient (Wildman–Crippen LogP) is 2.94. The molecule has 7 heteroatoms. The molecule has 128 valence electrons. The number of carbonyl (C=O) groups excluding carboxylic acids is 1. The molecule has 2 aromatic carbocycles. The second kappa shape index (κ2) is 6.98. The summed E-state index contributed by atoms with van der Waals surface area (Å²) in [5.41, 5.74) is 0.955. The number of nitrogens with zero attached hydrogens (tertiary/aromatic N) is 1. The van der Waals surface area contributed by atoms with Gasteiger partial charge in [0, 0.05) is 0 Å². The SMILES string of the molecule is O=C(NCc1nc2ccccc2s1)NCC1COc2ccccc2O1. The Morgan fingerprint density at radius 1 is 1.12 bits per heavy atom. The molecule has 0 fully saturated rings. The van der Waals surface area contributed by atoms with Crippen LogP contribution in [0.15, 0.2) is 48.5 Å². The molecule has 3 aromatic rings. The highest BCUT2D eigenvalue weighted by atomic mass is 32.1. The highest BCUT2D eigenvalue weighted by Crippen LogP contribution is 2.30. The van der Waals surface area contributed by atoms with Gasteiger partial charge in [0.25, 0.3) is 0 Å². The first-order valence-electron chi connectivity index (χ1n) is 8.02. The molecule has 6 nitrogen and oxygen atoms in total. The highest BCUT2D eigenvalue weighted by molar-refractivity contribution is 7.18. The molecule has 1 atom stereocenters. The van der Waals surface area contributed by atoms with Crippen molar-refractivity contribution in [2.45, 2.75) is 12.6 Å². The van der Waals surface area contributed by atoms with Gasteiger partial charge in [-0.2, -0.15) is 0 Å². The minimum absolute atomic E-state index is 0.205. The fourth-order valence-electron chi connectivity index (χ4n) is 2.58. The zero-order chi connectivity index (χ0) is 17.1. The van der Waals surface area contributed by atoms with Crippen LogP contribution in [0.5, 0.6) is 11.5 Å². The number of carbonyl (C=O) groups is 1. The summed E-state index contributed by atoms with van der Waals surface area (Å²) >= 11 is 1.58. The number of urea groups is 1. The van der Waals surface area contributed by atoms with Gasteiger partial charge in [0.2, 0.25) is 0 Å². The van der Waals surface area contributed by atoms with E-state index in [1.807, 2.05) is 48.5 Å². The lowest BCUT2D eigenvalue weighted by molar-refractivity contribution is 0.0918. The van der Waals surface area contributed by atoms with Crippen LogP contribution in [0, 0.1) is 0 Å². The Labute approximate surface area is 148 Å². The Morgan fingerprint density at radius 2 is 1.92 bits per heavy atom. The van der Waals surface area contributed by atoms with E-state index in [4.69, 9.17) is 9.47 Å². The number of nitrogens with one attached hydrogen (secondary N) is 2. The summed E-state index contributed by atoms with van der Waals surface area (Å²) in [6.45, 7) is 1.19. The van der Waals surface area contributed by atoms with Crippen LogP contribution >= 0.6 is 11.3 Å². The highest BCUT2D eigenvalue weighted by Gasteiger charge is 2.20. The van der Waals surface area contributed by atoms with Crippen molar-refractivity contribution in [2.75, 3.05) is 13.2 Å². The van der Waals surface area contributed by atoms with Crippen LogP contribution < -0.4 is 20.1 Å². The molecule has 25 heavy (non-hydrogen) atoms. The van der Waals surface area contributed by atoms with E-state index in [0.29, 0.717) is 25.4 Å². The summed E-state index contributed by atoms with van der Waals surface area (Å²) in [6.07, 6.45) is -0.205. The molecule has 1 aliphatic heterocycles. The second-order valence-corrected chi connectivity index (χ2v) is 6.75. The molecule has 0 spiro atoms. The lowest BCUT2D eigenvalue weighted by Gasteiger charge is -2.26. The van der Waals surface area contributed by atoms with Gasteiger partial charge < -0.3 is 20.1 Å². The fraction of sp³-hybridized carbons (Fsp3) is 0.222. The van der Waals surface area contributed by atoms with Crippen molar-refractivity contribution in [1.29, 1.82) is 0 Å². The number of fused-ring (bicyclic) bond motifs is 2. The molecule has 1 aliphatic rings. The Kier molecular flexibility index (Phi) is 4.39. The molecule has 2 heterocycles. The van der Waals surface area contributed by atoms with Crippen molar-refractivity contribution in [1.82, 2.24) is 15.6 Å². The van der Waals surface area contributed by atoms with E-state index >= 15 is 0 Å². The number of benzene rings is 2. The van der Waals surface area contributed by atoms with Gasteiger partial charge in [-0.15, -0.1) is 11.3 Å². The first-order valence-corrected chi connectivity index (χ1v) is 8.84. The smallest absolute Gasteiger partial charge is 0.315 e. The zero-order valence-corrected chi connectivity index (χ0v) is 14.2. The maximum atomic E-state index is 12.0. The maximum absolute atomic E-state index is 12.0. The maximum Gasteiger partial charge on any atom is 0.315 e. The summed E-state index contributed by atoms with van der Waals surface area (Å²) in [4.78, 5) is 16.5. The summed E-state index contributed by atoms with van der Waals surface area (Å²) in [6, 6.07) is 15.2. The monoisotopic (exact) mass is 355 g/mol. The lowest BCUT2D eigenvalue weighted by Crippen LogP contribution is -2.44. The number of rotatable bonds is 4. The van der Waals surface area contributed by atoms with E-state index < -0.39 is 0 Å². The van der Waals surface area contributed by atoms with E-state index in [1.54, 1.807) is 11.3 Å². The Morgan fingerprint density at radius 3 is 2.80 bits per heavy atom. The molecule has 2 amide bonds. The van der Waals surface area contributed by atoms with Crippen molar-refractivity contribution in [3.63, 3.8) is 0 Å². The van der Waals surface area contributed by atoms with Gasteiger partial charge in [-0.05, 0) is 24.3 Å². The summed E-state index contributed by atoms with van der Waals surface area (Å²) < 4.78 is 12.6. The van der Waals surface area contributed by atoms with Crippen LogP contribution in [0.25, 0.3) is 10.2 Å². The summed E-state index contributed by atoms with van der Waals surface area (Å²) in [7, 11) is 0. The van der Waals surface area contributed by atoms with Crippen molar-refractivity contribution in [2.24, 2.45) is 0 Å². The van der Waals surface area contributed by atoms with Crippen molar-refractivity contribution >= 4 is 27.6 Å². The van der Waals surface area contributed by atoms with Crippen molar-refractivity contribution in [3.05, 3.63) is 53.5 Å². The van der Waals surface area contributed by atoms with Gasteiger partial charge in [-0.3, -0.25) is 0 Å². The van der Waals surface area contributed by atoms with Gasteiger partial charge in [0.15, 0.2) is 17.6 Å². The number of hydrogen-bond acceptors (Lipinski definition) is 5. The second-order valence-electron chi connectivity index (χ2n) is 5.64. The van der Waals surface area contributed by atoms with Gasteiger partial charge in [-0.1, -0.05) is 24.3 Å². The van der Waals surface area contributed by atoms with Crippen LogP contribution in [0.2, 0.25) is 0 Å². The fourth-order valence-corrected chi connectivity index (χ4v) is 3.49. The summed E-state index contributed by atoms with van der Waals surface area (Å²) in [5.74, 6) is 1.44. The number of hydrogen-bond donors (Lipinski definition) is 2. The average Bonchev–Trinajstić information content (AvgIpc) is 3.07. The number of aromatic nitrogens is 1. The quantitative estimate of drug-likeness (QED) is 0.755. The van der Waals surface area contributed by atoms with Crippen LogP contribution in [-0.4, -0.2) is 30.3 Å². The van der Waals surface area contributed by atoms with E-state index in [0.717, 1.165) is 21.0 Å². The number of ether oxygens (including phenoxy) is 2. The van der Waals surface area contributed by atoms with Crippen LogP contribution in [0.3, 0.4) is 0 Å². The molecular weight excluding hydrogens is 338 g/mol. The molecule has 1 aromatic heterocycles. The van der Waals surface area contributed by atoms with E-state index in [1.165, 1.54) is 0 Å². The first-order chi connectivity index (χ1) is 12.3. The third kappa shape index (κ3) is 3.66. The van der Waals surface area contributed by atoms with E-state index in [-0.39, 0.29) is 12.1 Å². The van der Waals surface area contributed by atoms with Crippen molar-refractivity contribution in [3.8, 4) is 11.5 Å². The molecule has 0 radical (unpaired) electrons. The van der Waals surface area contributed by atoms with Gasteiger partial charge in [0.1, 0.15) is 11.6 Å². The van der Waals surface area contributed by atoms with Crippen LogP contribution in [-0.2, 0) is 6.54 Å². The summed E-state index contributed by atoms with van der Waals surface area (Å²) in [5, 5.41) is 6.51. The Hall–Kier alpha value is -2.80. The van der Waals surface area contributed by atoms with Gasteiger partial charge >= 0.3 is 6.03 Å². The first kappa shape index (κ1) is 15.7. The molecule has 0 bridgehead atoms. The normalized spacial score (nSPS) is 15.8. The van der Waals surface area contributed by atoms with Crippen molar-refractivity contribution < 1.29 is 14.3 Å². The third-order valence-corrected chi connectivity index (χ3v) is 4.83.